The molecule has 0 aliphatic rings. The number of hydrogen-bond donors (Lipinski definition) is 0. The lowest BCUT2D eigenvalue weighted by molar-refractivity contribution is -0.142. The number of nitrogens with zero attached hydrogens (tertiary/aromatic N) is 1. The minimum Gasteiger partial charge on any atom is -0.466 e. The van der Waals surface area contributed by atoms with Crippen molar-refractivity contribution >= 4 is 24.7 Å². The van der Waals surface area contributed by atoms with Crippen LogP contribution in [-0.4, -0.2) is 25.9 Å². The van der Waals surface area contributed by atoms with Gasteiger partial charge in [-0.05, 0) is 34.0 Å². The molecular formula is C26H31NO3Si. The molecule has 0 amide bonds. The number of benzene rings is 2. The normalized spacial score (nSPS) is 11.9. The lowest BCUT2D eigenvalue weighted by atomic mass is 10.2. The number of carbonyl (C=O) groups is 1. The van der Waals surface area contributed by atoms with E-state index in [0.717, 1.165) is 11.3 Å². The van der Waals surface area contributed by atoms with E-state index in [0.29, 0.717) is 13.2 Å². The monoisotopic (exact) mass is 433 g/mol. The van der Waals surface area contributed by atoms with Gasteiger partial charge in [0.05, 0.1) is 25.3 Å². The molecule has 0 N–H and O–H groups in total. The van der Waals surface area contributed by atoms with E-state index in [1.807, 2.05) is 24.3 Å². The van der Waals surface area contributed by atoms with Gasteiger partial charge in [-0.25, -0.2) is 0 Å². The van der Waals surface area contributed by atoms with E-state index in [1.54, 1.807) is 13.1 Å². The summed E-state index contributed by atoms with van der Waals surface area (Å²) in [5, 5.41) is 2.40. The van der Waals surface area contributed by atoms with Crippen LogP contribution in [0.25, 0.3) is 0 Å². The first-order chi connectivity index (χ1) is 14.9. The molecule has 0 aliphatic heterocycles. The van der Waals surface area contributed by atoms with Gasteiger partial charge >= 0.3 is 5.97 Å². The van der Waals surface area contributed by atoms with Gasteiger partial charge in [0, 0.05) is 6.20 Å². The van der Waals surface area contributed by atoms with Crippen molar-refractivity contribution in [1.29, 1.82) is 0 Å². The van der Waals surface area contributed by atoms with Gasteiger partial charge in [-0.3, -0.25) is 9.78 Å². The third-order valence-corrected chi connectivity index (χ3v) is 10.4. The number of esters is 1. The predicted octanol–water partition coefficient (Wildman–Crippen LogP) is 4.26. The number of ether oxygens (including phenoxy) is 1. The molecule has 0 radical (unpaired) electrons. The lowest BCUT2D eigenvalue weighted by Crippen LogP contribution is -2.66. The number of hydrogen-bond acceptors (Lipinski definition) is 4. The van der Waals surface area contributed by atoms with Crippen LogP contribution in [0.5, 0.6) is 0 Å². The van der Waals surface area contributed by atoms with Crippen molar-refractivity contribution in [3.63, 3.8) is 0 Å². The fraction of sp³-hybridized carbons (Fsp3) is 0.308. The zero-order valence-corrected chi connectivity index (χ0v) is 19.8. The summed E-state index contributed by atoms with van der Waals surface area (Å²) >= 11 is 0. The molecule has 0 atom stereocenters. The summed E-state index contributed by atoms with van der Waals surface area (Å²) in [6, 6.07) is 25.0. The van der Waals surface area contributed by atoms with Gasteiger partial charge in [0.25, 0.3) is 8.32 Å². The summed E-state index contributed by atoms with van der Waals surface area (Å²) in [4.78, 5) is 16.3. The smallest absolute Gasteiger partial charge is 0.310 e. The minimum atomic E-state index is -2.60. The van der Waals surface area contributed by atoms with Crippen LogP contribution in [0.3, 0.4) is 0 Å². The molecule has 0 spiro atoms. The summed E-state index contributed by atoms with van der Waals surface area (Å²) in [7, 11) is -2.60. The summed E-state index contributed by atoms with van der Waals surface area (Å²) in [5.74, 6) is -0.236. The average molecular weight is 434 g/mol. The van der Waals surface area contributed by atoms with E-state index < -0.39 is 8.32 Å². The van der Waals surface area contributed by atoms with Gasteiger partial charge in [0.15, 0.2) is 0 Å². The van der Waals surface area contributed by atoms with E-state index in [1.165, 1.54) is 10.4 Å². The highest BCUT2D eigenvalue weighted by molar-refractivity contribution is 6.99. The first-order valence-corrected chi connectivity index (χ1v) is 12.6. The molecule has 3 rings (SSSR count). The summed E-state index contributed by atoms with van der Waals surface area (Å²) in [6.45, 7) is 9.38. The maximum Gasteiger partial charge on any atom is 0.310 e. The Labute approximate surface area is 186 Å². The third kappa shape index (κ3) is 5.30. The zero-order chi connectivity index (χ0) is 22.3. The number of aromatic nitrogens is 1. The van der Waals surface area contributed by atoms with Crippen molar-refractivity contribution in [3.8, 4) is 0 Å². The number of carbonyl (C=O) groups excluding carboxylic acids is 1. The fourth-order valence-corrected chi connectivity index (χ4v) is 8.49. The standard InChI is InChI=1S/C26H31NO3Si/c1-5-29-25(28)18-21-16-17-22(27-19-21)20-30-31(26(2,3)4,23-12-8-6-9-13-23)24-14-10-7-11-15-24/h6-17,19H,5,18,20H2,1-4H3. The first-order valence-electron chi connectivity index (χ1n) is 10.7. The fourth-order valence-electron chi connectivity index (χ4n) is 3.97. The summed E-state index contributed by atoms with van der Waals surface area (Å²) in [5.41, 5.74) is 1.69. The largest absolute Gasteiger partial charge is 0.466 e. The second-order valence-electron chi connectivity index (χ2n) is 8.59. The van der Waals surface area contributed by atoms with Crippen molar-refractivity contribution in [2.75, 3.05) is 6.61 Å². The Morgan fingerprint density at radius 1 is 0.903 bits per heavy atom. The van der Waals surface area contributed by atoms with E-state index in [-0.39, 0.29) is 17.4 Å². The Bertz CT molecular complexity index is 928. The second-order valence-corrected chi connectivity index (χ2v) is 12.9. The second kappa shape index (κ2) is 10.0. The molecule has 4 nitrogen and oxygen atoms in total. The third-order valence-electron chi connectivity index (χ3n) is 5.39. The minimum absolute atomic E-state index is 0.0838. The van der Waals surface area contributed by atoms with Gasteiger partial charge in [-0.1, -0.05) is 87.5 Å². The van der Waals surface area contributed by atoms with Crippen molar-refractivity contribution in [2.45, 2.75) is 45.8 Å². The van der Waals surface area contributed by atoms with Crippen LogP contribution in [0.4, 0.5) is 0 Å². The Balaban J connectivity index is 1.91. The molecule has 1 heterocycles. The molecule has 5 heteroatoms. The number of rotatable bonds is 8. The topological polar surface area (TPSA) is 48.4 Å². The lowest BCUT2D eigenvalue weighted by Gasteiger charge is -2.43. The van der Waals surface area contributed by atoms with Crippen molar-refractivity contribution in [3.05, 3.63) is 90.3 Å². The molecule has 0 unspecified atom stereocenters. The summed E-state index contributed by atoms with van der Waals surface area (Å²) < 4.78 is 11.9. The van der Waals surface area contributed by atoms with Crippen molar-refractivity contribution < 1.29 is 14.0 Å². The van der Waals surface area contributed by atoms with Crippen LogP contribution in [-0.2, 0) is 27.0 Å². The van der Waals surface area contributed by atoms with Crippen LogP contribution in [0, 0.1) is 0 Å². The maximum absolute atomic E-state index is 11.7. The van der Waals surface area contributed by atoms with E-state index >= 15 is 0 Å². The molecule has 0 bridgehead atoms. The quantitative estimate of drug-likeness (QED) is 0.393. The molecule has 0 saturated carbocycles. The van der Waals surface area contributed by atoms with Gasteiger partial charge in [0.1, 0.15) is 0 Å². The number of pyridine rings is 1. The molecule has 31 heavy (non-hydrogen) atoms. The van der Waals surface area contributed by atoms with E-state index in [4.69, 9.17) is 9.16 Å². The summed E-state index contributed by atoms with van der Waals surface area (Å²) in [6.07, 6.45) is 1.97. The van der Waals surface area contributed by atoms with Crippen molar-refractivity contribution in [1.82, 2.24) is 4.98 Å². The maximum atomic E-state index is 11.7. The molecule has 0 saturated heterocycles. The molecule has 2 aromatic carbocycles. The molecule has 162 valence electrons. The highest BCUT2D eigenvalue weighted by Crippen LogP contribution is 2.37. The van der Waals surface area contributed by atoms with Crippen molar-refractivity contribution in [2.24, 2.45) is 0 Å². The van der Waals surface area contributed by atoms with Crippen LogP contribution >= 0.6 is 0 Å². The SMILES string of the molecule is CCOC(=O)Cc1ccc(CO[Si](c2ccccc2)(c2ccccc2)C(C)(C)C)nc1. The Morgan fingerprint density at radius 2 is 1.48 bits per heavy atom. The average Bonchev–Trinajstić information content (AvgIpc) is 2.76. The molecular weight excluding hydrogens is 402 g/mol. The van der Waals surface area contributed by atoms with Gasteiger partial charge in [-0.15, -0.1) is 0 Å². The van der Waals surface area contributed by atoms with E-state index in [9.17, 15) is 4.79 Å². The molecule has 3 aromatic rings. The highest BCUT2D eigenvalue weighted by Gasteiger charge is 2.50. The molecule has 0 fully saturated rings. The predicted molar refractivity (Wildman–Crippen MR) is 127 cm³/mol. The van der Waals surface area contributed by atoms with Gasteiger partial charge in [-0.2, -0.15) is 0 Å². The molecule has 0 aliphatic carbocycles. The van der Waals surface area contributed by atoms with Crippen LogP contribution in [0.2, 0.25) is 5.04 Å². The van der Waals surface area contributed by atoms with Crippen LogP contribution in [0.1, 0.15) is 39.0 Å². The van der Waals surface area contributed by atoms with Crippen LogP contribution in [0.15, 0.2) is 79.0 Å². The van der Waals surface area contributed by atoms with Gasteiger partial charge < -0.3 is 9.16 Å². The van der Waals surface area contributed by atoms with E-state index in [2.05, 4.69) is 74.3 Å². The van der Waals surface area contributed by atoms with Gasteiger partial charge in [0.2, 0.25) is 0 Å². The highest BCUT2D eigenvalue weighted by atomic mass is 28.4. The Morgan fingerprint density at radius 3 is 1.94 bits per heavy atom. The van der Waals surface area contributed by atoms with Crippen LogP contribution < -0.4 is 10.4 Å². The Kier molecular flexibility index (Phi) is 7.41. The molecule has 1 aromatic heterocycles. The first kappa shape index (κ1) is 22.9. The Hall–Kier alpha value is -2.76. The zero-order valence-electron chi connectivity index (χ0n) is 18.8.